The summed E-state index contributed by atoms with van der Waals surface area (Å²) in [7, 11) is 0. The molecule has 90 valence electrons. The van der Waals surface area contributed by atoms with Crippen molar-refractivity contribution < 1.29 is 14.3 Å². The fourth-order valence-electron chi connectivity index (χ4n) is 1.38. The van der Waals surface area contributed by atoms with Gasteiger partial charge in [-0.05, 0) is 35.5 Å². The number of imide groups is 1. The second-order valence-electron chi connectivity index (χ2n) is 3.37. The van der Waals surface area contributed by atoms with E-state index in [2.05, 4.69) is 5.32 Å². The summed E-state index contributed by atoms with van der Waals surface area (Å²) in [5.41, 5.74) is 0.734. The predicted molar refractivity (Wildman–Crippen MR) is 66.7 cm³/mol. The van der Waals surface area contributed by atoms with Crippen molar-refractivity contribution in [1.82, 2.24) is 5.32 Å². The van der Waals surface area contributed by atoms with E-state index in [-0.39, 0.29) is 11.8 Å². The Balaban J connectivity index is 2.19. The van der Waals surface area contributed by atoms with Crippen molar-refractivity contribution in [1.29, 1.82) is 5.26 Å². The van der Waals surface area contributed by atoms with Gasteiger partial charge in [0, 0.05) is 0 Å². The Morgan fingerprint density at radius 3 is 2.94 bits per heavy atom. The first kappa shape index (κ1) is 12.2. The van der Waals surface area contributed by atoms with Crippen molar-refractivity contribution in [3.63, 3.8) is 0 Å². The Labute approximate surface area is 107 Å². The van der Waals surface area contributed by atoms with Crippen LogP contribution < -0.4 is 10.1 Å². The molecule has 1 aliphatic heterocycles. The summed E-state index contributed by atoms with van der Waals surface area (Å²) in [6.45, 7) is -0.0340. The molecule has 0 atom stereocenters. The first-order valence-electron chi connectivity index (χ1n) is 5.04. The van der Waals surface area contributed by atoms with Crippen molar-refractivity contribution in [3.8, 4) is 11.8 Å². The third kappa shape index (κ3) is 2.90. The lowest BCUT2D eigenvalue weighted by Gasteiger charge is -2.02. The number of carbonyl (C=O) groups is 2. The highest BCUT2D eigenvalue weighted by Crippen LogP contribution is 2.26. The fourth-order valence-corrected chi connectivity index (χ4v) is 2.06. The zero-order chi connectivity index (χ0) is 13.0. The van der Waals surface area contributed by atoms with Crippen molar-refractivity contribution in [2.24, 2.45) is 0 Å². The molecule has 1 aromatic carbocycles. The van der Waals surface area contributed by atoms with Crippen LogP contribution in [-0.2, 0) is 4.79 Å². The monoisotopic (exact) mass is 260 g/mol. The van der Waals surface area contributed by atoms with E-state index in [1.54, 1.807) is 30.3 Å². The lowest BCUT2D eigenvalue weighted by atomic mass is 10.2. The number of nitriles is 1. The van der Waals surface area contributed by atoms with E-state index in [1.165, 1.54) is 0 Å². The predicted octanol–water partition coefficient (Wildman–Crippen LogP) is 1.91. The van der Waals surface area contributed by atoms with E-state index >= 15 is 0 Å². The molecule has 1 saturated heterocycles. The molecular weight excluding hydrogens is 252 g/mol. The van der Waals surface area contributed by atoms with Crippen LogP contribution in [0, 0.1) is 11.3 Å². The van der Waals surface area contributed by atoms with Crippen LogP contribution in [-0.4, -0.2) is 17.8 Å². The molecule has 0 saturated carbocycles. The molecule has 18 heavy (non-hydrogen) atoms. The first-order chi connectivity index (χ1) is 8.69. The molecule has 5 nitrogen and oxygen atoms in total. The summed E-state index contributed by atoms with van der Waals surface area (Å²) in [4.78, 5) is 22.7. The number of nitrogens with zero attached hydrogens (tertiary/aromatic N) is 1. The Morgan fingerprint density at radius 1 is 1.44 bits per heavy atom. The molecule has 1 aromatic rings. The van der Waals surface area contributed by atoms with Gasteiger partial charge in [-0.2, -0.15) is 5.26 Å². The summed E-state index contributed by atoms with van der Waals surface area (Å²) in [6, 6.07) is 8.81. The molecule has 0 aromatic heterocycles. The summed E-state index contributed by atoms with van der Waals surface area (Å²) in [5.74, 6) is 0.147. The highest BCUT2D eigenvalue weighted by Gasteiger charge is 2.24. The number of amides is 2. The van der Waals surface area contributed by atoms with Crippen LogP contribution >= 0.6 is 11.8 Å². The quantitative estimate of drug-likeness (QED) is 0.840. The SMILES string of the molecule is N#CCOc1cccc(/C=C2\SC(=O)NC2=O)c1. The molecule has 2 rings (SSSR count). The molecule has 0 spiro atoms. The van der Waals surface area contributed by atoms with Gasteiger partial charge in [0.1, 0.15) is 11.8 Å². The molecule has 1 aliphatic rings. The Kier molecular flexibility index (Phi) is 3.65. The van der Waals surface area contributed by atoms with Crippen LogP contribution in [0.1, 0.15) is 5.56 Å². The average Bonchev–Trinajstić information content (AvgIpc) is 2.66. The highest BCUT2D eigenvalue weighted by molar-refractivity contribution is 8.18. The van der Waals surface area contributed by atoms with Crippen molar-refractivity contribution in [3.05, 3.63) is 34.7 Å². The summed E-state index contributed by atoms with van der Waals surface area (Å²) in [6.07, 6.45) is 1.60. The Hall–Kier alpha value is -2.26. The Bertz CT molecular complexity index is 575. The van der Waals surface area contributed by atoms with Gasteiger partial charge in [-0.1, -0.05) is 12.1 Å². The minimum absolute atomic E-state index is 0.0340. The summed E-state index contributed by atoms with van der Waals surface area (Å²) < 4.78 is 5.14. The topological polar surface area (TPSA) is 79.2 Å². The molecule has 0 aliphatic carbocycles. The molecule has 0 bridgehead atoms. The zero-order valence-electron chi connectivity index (χ0n) is 9.17. The number of thioether (sulfide) groups is 1. The molecule has 0 unspecified atom stereocenters. The van der Waals surface area contributed by atoms with Crippen molar-refractivity contribution in [2.45, 2.75) is 0 Å². The normalized spacial score (nSPS) is 16.5. The molecule has 1 N–H and O–H groups in total. The van der Waals surface area contributed by atoms with Crippen LogP contribution in [0.5, 0.6) is 5.75 Å². The number of hydrogen-bond acceptors (Lipinski definition) is 5. The van der Waals surface area contributed by atoms with E-state index in [4.69, 9.17) is 10.00 Å². The van der Waals surface area contributed by atoms with Crippen LogP contribution in [0.2, 0.25) is 0 Å². The maximum Gasteiger partial charge on any atom is 0.290 e. The van der Waals surface area contributed by atoms with Crippen molar-refractivity contribution >= 4 is 29.0 Å². The third-order valence-corrected chi connectivity index (χ3v) is 2.91. The van der Waals surface area contributed by atoms with E-state index in [0.717, 1.165) is 17.3 Å². The first-order valence-corrected chi connectivity index (χ1v) is 5.85. The van der Waals surface area contributed by atoms with Crippen molar-refractivity contribution in [2.75, 3.05) is 6.61 Å². The van der Waals surface area contributed by atoms with E-state index in [9.17, 15) is 9.59 Å². The van der Waals surface area contributed by atoms with Gasteiger partial charge in [0.15, 0.2) is 6.61 Å². The van der Waals surface area contributed by atoms with Crippen LogP contribution in [0.4, 0.5) is 4.79 Å². The maximum absolute atomic E-state index is 11.4. The number of hydrogen-bond donors (Lipinski definition) is 1. The molecule has 1 heterocycles. The van der Waals surface area contributed by atoms with Gasteiger partial charge in [-0.15, -0.1) is 0 Å². The largest absolute Gasteiger partial charge is 0.479 e. The van der Waals surface area contributed by atoms with Crippen LogP contribution in [0.15, 0.2) is 29.2 Å². The van der Waals surface area contributed by atoms with E-state index in [1.807, 2.05) is 6.07 Å². The zero-order valence-corrected chi connectivity index (χ0v) is 9.99. The Morgan fingerprint density at radius 2 is 2.28 bits per heavy atom. The molecule has 0 radical (unpaired) electrons. The summed E-state index contributed by atoms with van der Waals surface area (Å²) in [5, 5.41) is 10.2. The van der Waals surface area contributed by atoms with E-state index < -0.39 is 5.91 Å². The maximum atomic E-state index is 11.4. The van der Waals surface area contributed by atoms with Gasteiger partial charge in [0.05, 0.1) is 4.91 Å². The minimum atomic E-state index is -0.395. The van der Waals surface area contributed by atoms with Crippen LogP contribution in [0.3, 0.4) is 0 Å². The van der Waals surface area contributed by atoms with E-state index in [0.29, 0.717) is 10.7 Å². The molecule has 2 amide bonds. The number of rotatable bonds is 3. The minimum Gasteiger partial charge on any atom is -0.479 e. The van der Waals surface area contributed by atoms with Gasteiger partial charge in [-0.25, -0.2) is 0 Å². The van der Waals surface area contributed by atoms with Gasteiger partial charge in [0.2, 0.25) is 0 Å². The second kappa shape index (κ2) is 5.38. The van der Waals surface area contributed by atoms with Crippen LogP contribution in [0.25, 0.3) is 6.08 Å². The molecule has 6 heteroatoms. The average molecular weight is 260 g/mol. The molecular formula is C12H8N2O3S. The molecule has 1 fully saturated rings. The van der Waals surface area contributed by atoms with Gasteiger partial charge >= 0.3 is 0 Å². The smallest absolute Gasteiger partial charge is 0.290 e. The summed E-state index contributed by atoms with van der Waals surface area (Å²) >= 11 is 0.861. The second-order valence-corrected chi connectivity index (χ2v) is 4.39. The van der Waals surface area contributed by atoms with Gasteiger partial charge < -0.3 is 4.74 Å². The fraction of sp³-hybridized carbons (Fsp3) is 0.0833. The number of ether oxygens (including phenoxy) is 1. The number of carbonyl (C=O) groups excluding carboxylic acids is 2. The number of nitrogens with one attached hydrogen (secondary N) is 1. The van der Waals surface area contributed by atoms with Gasteiger partial charge in [-0.3, -0.25) is 14.9 Å². The lowest BCUT2D eigenvalue weighted by Crippen LogP contribution is -2.17. The third-order valence-electron chi connectivity index (χ3n) is 2.10. The van der Waals surface area contributed by atoms with Gasteiger partial charge in [0.25, 0.3) is 11.1 Å². The highest BCUT2D eigenvalue weighted by atomic mass is 32.2. The lowest BCUT2D eigenvalue weighted by molar-refractivity contribution is -0.115. The standard InChI is InChI=1S/C12H8N2O3S/c13-4-5-17-9-3-1-2-8(6-9)7-10-11(15)14-12(16)18-10/h1-3,6-7H,5H2,(H,14,15,16)/b10-7-. The number of benzene rings is 1.